The number of nitrogens with zero attached hydrogens (tertiary/aromatic N) is 1. The minimum atomic E-state index is -0.172. The molecule has 0 aromatic rings. The molecule has 1 heterocycles. The van der Waals surface area contributed by atoms with Crippen LogP contribution in [0.1, 0.15) is 26.2 Å². The maximum absolute atomic E-state index is 10.7. The summed E-state index contributed by atoms with van der Waals surface area (Å²) >= 11 is 0. The van der Waals surface area contributed by atoms with Crippen LogP contribution in [-0.2, 0) is 9.63 Å². The van der Waals surface area contributed by atoms with Crippen LogP contribution in [-0.4, -0.2) is 30.8 Å². The lowest BCUT2D eigenvalue weighted by Crippen LogP contribution is -2.48. The van der Waals surface area contributed by atoms with Crippen molar-refractivity contribution in [2.24, 2.45) is 0 Å². The highest BCUT2D eigenvalue weighted by Gasteiger charge is 2.28. The Labute approximate surface area is 67.5 Å². The molecule has 1 saturated heterocycles. The molecular weight excluding hydrogens is 142 g/mol. The lowest BCUT2D eigenvalue weighted by atomic mass is 10.1. The number of carbonyl (C=O) groups excluding carboxylic acids is 1. The third-order valence-corrected chi connectivity index (χ3v) is 2.11. The smallest absolute Gasteiger partial charge is 0.277 e. The summed E-state index contributed by atoms with van der Waals surface area (Å²) < 4.78 is 0.481. The molecule has 3 nitrogen and oxygen atoms in total. The summed E-state index contributed by atoms with van der Waals surface area (Å²) in [6, 6.07) is 0. The highest BCUT2D eigenvalue weighted by molar-refractivity contribution is 5.65. The molecule has 11 heavy (non-hydrogen) atoms. The third kappa shape index (κ3) is 2.50. The molecule has 0 bridgehead atoms. The second-order valence-electron chi connectivity index (χ2n) is 3.39. The fraction of sp³-hybridized carbons (Fsp3) is 0.875. The van der Waals surface area contributed by atoms with Gasteiger partial charge in [0.25, 0.3) is 0 Å². The molecule has 0 unspecified atom stereocenters. The molecule has 0 aromatic heterocycles. The second kappa shape index (κ2) is 3.22. The van der Waals surface area contributed by atoms with E-state index in [1.807, 2.05) is 7.05 Å². The van der Waals surface area contributed by atoms with E-state index in [0.29, 0.717) is 4.65 Å². The van der Waals surface area contributed by atoms with E-state index in [0.717, 1.165) is 13.1 Å². The number of quaternary nitrogens is 1. The third-order valence-electron chi connectivity index (χ3n) is 2.11. The number of hydrogen-bond acceptors (Lipinski definition) is 2. The van der Waals surface area contributed by atoms with E-state index in [1.54, 1.807) is 0 Å². The normalized spacial score (nSPS) is 22.7. The van der Waals surface area contributed by atoms with Gasteiger partial charge in [0.1, 0.15) is 20.1 Å². The van der Waals surface area contributed by atoms with Crippen LogP contribution in [0.25, 0.3) is 0 Å². The molecule has 0 spiro atoms. The molecule has 0 radical (unpaired) electrons. The Balaban J connectivity index is 2.43. The summed E-state index contributed by atoms with van der Waals surface area (Å²) in [5, 5.41) is 0. The highest BCUT2D eigenvalue weighted by Crippen LogP contribution is 2.16. The van der Waals surface area contributed by atoms with Crippen molar-refractivity contribution < 1.29 is 14.3 Å². The van der Waals surface area contributed by atoms with Crippen molar-refractivity contribution in [2.45, 2.75) is 26.2 Å². The van der Waals surface area contributed by atoms with Crippen molar-refractivity contribution in [1.29, 1.82) is 0 Å². The summed E-state index contributed by atoms with van der Waals surface area (Å²) in [5.74, 6) is -0.172. The van der Waals surface area contributed by atoms with Crippen LogP contribution in [0.2, 0.25) is 0 Å². The summed E-state index contributed by atoms with van der Waals surface area (Å²) in [4.78, 5) is 15.9. The molecular formula is C8H16NO2+. The van der Waals surface area contributed by atoms with Gasteiger partial charge in [-0.05, 0) is 6.42 Å². The van der Waals surface area contributed by atoms with Gasteiger partial charge in [0.2, 0.25) is 0 Å². The van der Waals surface area contributed by atoms with Crippen molar-refractivity contribution >= 4 is 5.97 Å². The van der Waals surface area contributed by atoms with Gasteiger partial charge >= 0.3 is 5.97 Å². The summed E-state index contributed by atoms with van der Waals surface area (Å²) in [5.41, 5.74) is 0. The number of hydrogen-bond donors (Lipinski definition) is 0. The zero-order valence-electron chi connectivity index (χ0n) is 7.30. The molecule has 1 aliphatic heterocycles. The summed E-state index contributed by atoms with van der Waals surface area (Å²) in [7, 11) is 1.97. The quantitative estimate of drug-likeness (QED) is 0.534. The number of likely N-dealkylation sites (tertiary alicyclic amines) is 1. The van der Waals surface area contributed by atoms with E-state index >= 15 is 0 Å². The average Bonchev–Trinajstić information content (AvgIpc) is 1.85. The van der Waals surface area contributed by atoms with Crippen LogP contribution in [0.15, 0.2) is 0 Å². The van der Waals surface area contributed by atoms with Gasteiger partial charge in [-0.3, -0.25) is 4.84 Å². The van der Waals surface area contributed by atoms with Gasteiger partial charge in [-0.15, -0.1) is 4.65 Å². The Morgan fingerprint density at radius 1 is 1.27 bits per heavy atom. The van der Waals surface area contributed by atoms with Gasteiger partial charge in [0, 0.05) is 19.8 Å². The van der Waals surface area contributed by atoms with Crippen molar-refractivity contribution in [3.63, 3.8) is 0 Å². The predicted molar refractivity (Wildman–Crippen MR) is 41.5 cm³/mol. The van der Waals surface area contributed by atoms with E-state index in [9.17, 15) is 4.79 Å². The van der Waals surface area contributed by atoms with Crippen molar-refractivity contribution in [2.75, 3.05) is 20.1 Å². The summed E-state index contributed by atoms with van der Waals surface area (Å²) in [6.45, 7) is 3.41. The Morgan fingerprint density at radius 3 is 2.27 bits per heavy atom. The first-order valence-electron chi connectivity index (χ1n) is 4.17. The van der Waals surface area contributed by atoms with Crippen LogP contribution in [0.4, 0.5) is 0 Å². The monoisotopic (exact) mass is 158 g/mol. The van der Waals surface area contributed by atoms with E-state index in [2.05, 4.69) is 0 Å². The Morgan fingerprint density at radius 2 is 1.82 bits per heavy atom. The summed E-state index contributed by atoms with van der Waals surface area (Å²) in [6.07, 6.45) is 3.61. The Bertz CT molecular complexity index is 150. The van der Waals surface area contributed by atoms with E-state index in [-0.39, 0.29) is 5.97 Å². The van der Waals surface area contributed by atoms with Crippen molar-refractivity contribution in [3.8, 4) is 0 Å². The molecule has 0 aromatic carbocycles. The van der Waals surface area contributed by atoms with Crippen molar-refractivity contribution in [1.82, 2.24) is 0 Å². The second-order valence-corrected chi connectivity index (χ2v) is 3.39. The lowest BCUT2D eigenvalue weighted by molar-refractivity contribution is -1.08. The van der Waals surface area contributed by atoms with Crippen molar-refractivity contribution in [3.05, 3.63) is 0 Å². The van der Waals surface area contributed by atoms with Crippen LogP contribution in [0.3, 0.4) is 0 Å². The fourth-order valence-corrected chi connectivity index (χ4v) is 1.58. The topological polar surface area (TPSA) is 26.3 Å². The lowest BCUT2D eigenvalue weighted by Gasteiger charge is -2.33. The van der Waals surface area contributed by atoms with Gasteiger partial charge < -0.3 is 0 Å². The zero-order valence-corrected chi connectivity index (χ0v) is 7.30. The van der Waals surface area contributed by atoms with E-state index < -0.39 is 0 Å². The molecule has 3 heteroatoms. The van der Waals surface area contributed by atoms with Gasteiger partial charge in [0.05, 0.1) is 0 Å². The first-order chi connectivity index (χ1) is 5.12. The van der Waals surface area contributed by atoms with Crippen LogP contribution in [0, 0.1) is 0 Å². The maximum atomic E-state index is 10.7. The standard InChI is InChI=1S/C8H16NO2/c1-8(10)11-9(2)6-4-3-5-7-9/h3-7H2,1-2H3/q+1. The average molecular weight is 158 g/mol. The molecule has 1 fully saturated rings. The number of rotatable bonds is 1. The minimum Gasteiger partial charge on any atom is -0.277 e. The van der Waals surface area contributed by atoms with E-state index in [1.165, 1.54) is 26.2 Å². The van der Waals surface area contributed by atoms with Gasteiger partial charge in [-0.25, -0.2) is 4.79 Å². The first kappa shape index (κ1) is 8.53. The largest absolute Gasteiger partial charge is 0.363 e. The number of hydroxylamine groups is 3. The fourth-order valence-electron chi connectivity index (χ4n) is 1.58. The van der Waals surface area contributed by atoms with E-state index in [4.69, 9.17) is 4.84 Å². The first-order valence-corrected chi connectivity index (χ1v) is 4.17. The molecule has 0 aliphatic carbocycles. The predicted octanol–water partition coefficient (Wildman–Crippen LogP) is 1.09. The number of carbonyl (C=O) groups is 1. The molecule has 64 valence electrons. The molecule has 1 aliphatic rings. The SMILES string of the molecule is CC(=O)O[N+]1(C)CCCCC1. The maximum Gasteiger partial charge on any atom is 0.363 e. The van der Waals surface area contributed by atoms with Gasteiger partial charge in [0.15, 0.2) is 0 Å². The van der Waals surface area contributed by atoms with Gasteiger partial charge in [-0.1, -0.05) is 0 Å². The molecule has 0 saturated carbocycles. The van der Waals surface area contributed by atoms with Crippen LogP contribution >= 0.6 is 0 Å². The minimum absolute atomic E-state index is 0.172. The molecule has 0 N–H and O–H groups in total. The molecule has 0 amide bonds. The zero-order chi connectivity index (χ0) is 8.32. The Hall–Kier alpha value is -0.570. The Kier molecular flexibility index (Phi) is 2.49. The molecule has 0 atom stereocenters. The molecule has 1 rings (SSSR count). The highest BCUT2D eigenvalue weighted by atomic mass is 16.7. The van der Waals surface area contributed by atoms with Crippen LogP contribution in [0.5, 0.6) is 0 Å². The number of piperidine rings is 1. The van der Waals surface area contributed by atoms with Gasteiger partial charge in [-0.2, -0.15) is 0 Å². The van der Waals surface area contributed by atoms with Crippen LogP contribution < -0.4 is 0 Å².